The number of anilines is 1. The Bertz CT molecular complexity index is 998. The molecule has 7 heteroatoms. The Morgan fingerprint density at radius 1 is 1.07 bits per heavy atom. The van der Waals surface area contributed by atoms with E-state index in [0.717, 1.165) is 12.0 Å². The number of hydrogen-bond donors (Lipinski definition) is 1. The lowest BCUT2D eigenvalue weighted by Gasteiger charge is -2.07. The van der Waals surface area contributed by atoms with E-state index in [-0.39, 0.29) is 10.7 Å². The van der Waals surface area contributed by atoms with Crippen molar-refractivity contribution in [2.45, 2.75) is 26.8 Å². The molecular weight excluding hydrogens is 390 g/mol. The van der Waals surface area contributed by atoms with E-state index in [1.165, 1.54) is 10.2 Å². The predicted octanol–water partition coefficient (Wildman–Crippen LogP) is 4.25. The van der Waals surface area contributed by atoms with E-state index in [9.17, 15) is 9.59 Å². The molecule has 0 aliphatic rings. The molecule has 29 heavy (non-hydrogen) atoms. The second-order valence-electron chi connectivity index (χ2n) is 6.57. The van der Waals surface area contributed by atoms with E-state index in [0.29, 0.717) is 17.9 Å². The highest BCUT2D eigenvalue weighted by molar-refractivity contribution is 6.32. The molecule has 0 saturated heterocycles. The lowest BCUT2D eigenvalue weighted by molar-refractivity contribution is -0.119. The molecule has 0 atom stereocenters. The summed E-state index contributed by atoms with van der Waals surface area (Å²) in [5, 5.41) is 7.21. The summed E-state index contributed by atoms with van der Waals surface area (Å²) in [5.41, 5.74) is 3.44. The molecule has 0 aliphatic carbocycles. The monoisotopic (exact) mass is 411 g/mol. The van der Waals surface area contributed by atoms with Gasteiger partial charge in [0.2, 0.25) is 0 Å². The fraction of sp³-hybridized carbons (Fsp3) is 0.227. The van der Waals surface area contributed by atoms with Gasteiger partial charge in [0.05, 0.1) is 12.2 Å². The van der Waals surface area contributed by atoms with Crippen molar-refractivity contribution < 1.29 is 14.3 Å². The van der Waals surface area contributed by atoms with Gasteiger partial charge in [0.1, 0.15) is 10.7 Å². The number of carbonyl (C=O) groups excluding carboxylic acids is 2. The van der Waals surface area contributed by atoms with Crippen LogP contribution in [-0.2, 0) is 22.5 Å². The quantitative estimate of drug-likeness (QED) is 0.590. The van der Waals surface area contributed by atoms with E-state index in [1.807, 2.05) is 54.6 Å². The molecule has 150 valence electrons. The number of amides is 1. The third-order valence-electron chi connectivity index (χ3n) is 4.43. The minimum Gasteiger partial charge on any atom is -0.452 e. The Labute approximate surface area is 174 Å². The number of ether oxygens (including phenoxy) is 1. The highest BCUT2D eigenvalue weighted by Crippen LogP contribution is 2.22. The number of rotatable bonds is 7. The molecule has 0 aliphatic heterocycles. The molecule has 0 saturated carbocycles. The van der Waals surface area contributed by atoms with Crippen LogP contribution in [0, 0.1) is 6.92 Å². The fourth-order valence-corrected chi connectivity index (χ4v) is 3.18. The predicted molar refractivity (Wildman–Crippen MR) is 112 cm³/mol. The van der Waals surface area contributed by atoms with Crippen molar-refractivity contribution in [1.82, 2.24) is 9.78 Å². The van der Waals surface area contributed by atoms with Crippen LogP contribution >= 0.6 is 11.6 Å². The van der Waals surface area contributed by atoms with E-state index in [1.54, 1.807) is 6.92 Å². The maximum absolute atomic E-state index is 12.5. The first-order valence-electron chi connectivity index (χ1n) is 9.30. The molecular formula is C22H22ClN3O3. The van der Waals surface area contributed by atoms with Gasteiger partial charge in [-0.15, -0.1) is 0 Å². The first kappa shape index (κ1) is 20.6. The first-order chi connectivity index (χ1) is 14.0. The molecule has 0 bridgehead atoms. The van der Waals surface area contributed by atoms with Gasteiger partial charge in [0.25, 0.3) is 5.91 Å². The second kappa shape index (κ2) is 9.39. The largest absolute Gasteiger partial charge is 0.452 e. The zero-order valence-corrected chi connectivity index (χ0v) is 17.1. The second-order valence-corrected chi connectivity index (χ2v) is 6.93. The summed E-state index contributed by atoms with van der Waals surface area (Å²) in [6.07, 6.45) is 0.921. The van der Waals surface area contributed by atoms with Gasteiger partial charge in [-0.25, -0.2) is 9.48 Å². The van der Waals surface area contributed by atoms with Crippen molar-refractivity contribution in [3.05, 3.63) is 82.1 Å². The molecule has 0 unspecified atom stereocenters. The summed E-state index contributed by atoms with van der Waals surface area (Å²) in [5.74, 6) is -1.10. The number of carbonyl (C=O) groups is 2. The third-order valence-corrected chi connectivity index (χ3v) is 4.81. The molecule has 0 radical (unpaired) electrons. The minimum atomic E-state index is -0.678. The minimum absolute atomic E-state index is 0.169. The fourth-order valence-electron chi connectivity index (χ4n) is 2.87. The molecule has 1 heterocycles. The molecule has 1 N–H and O–H groups in total. The highest BCUT2D eigenvalue weighted by atomic mass is 35.5. The van der Waals surface area contributed by atoms with Crippen molar-refractivity contribution in [3.8, 4) is 0 Å². The molecule has 3 aromatic rings. The molecule has 0 spiro atoms. The normalized spacial score (nSPS) is 10.6. The van der Waals surface area contributed by atoms with Crippen molar-refractivity contribution in [2.24, 2.45) is 0 Å². The van der Waals surface area contributed by atoms with Crippen LogP contribution in [0.25, 0.3) is 0 Å². The summed E-state index contributed by atoms with van der Waals surface area (Å²) in [7, 11) is 0. The number of hydrogen-bond acceptors (Lipinski definition) is 4. The summed E-state index contributed by atoms with van der Waals surface area (Å²) in [4.78, 5) is 24.5. The number of nitrogens with one attached hydrogen (secondary N) is 1. The topological polar surface area (TPSA) is 73.2 Å². The summed E-state index contributed by atoms with van der Waals surface area (Å²) in [6, 6.07) is 17.2. The van der Waals surface area contributed by atoms with Gasteiger partial charge >= 0.3 is 5.97 Å². The Hall–Kier alpha value is -3.12. The van der Waals surface area contributed by atoms with E-state index in [2.05, 4.69) is 17.3 Å². The van der Waals surface area contributed by atoms with Crippen LogP contribution in [0.3, 0.4) is 0 Å². The van der Waals surface area contributed by atoms with E-state index in [4.69, 9.17) is 16.3 Å². The lowest BCUT2D eigenvalue weighted by Crippen LogP contribution is -2.21. The van der Waals surface area contributed by atoms with E-state index < -0.39 is 18.5 Å². The number of esters is 1. The number of nitrogens with zero attached hydrogens (tertiary/aromatic N) is 2. The number of benzene rings is 2. The van der Waals surface area contributed by atoms with Gasteiger partial charge in [0, 0.05) is 5.69 Å². The standard InChI is InChI=1S/C22H22ClN3O3/c1-3-16-9-11-18(12-10-16)24-19(27)14-29-22(28)20-15(2)25-26(21(20)23)13-17-7-5-4-6-8-17/h4-12H,3,13-14H2,1-2H3,(H,24,27). The van der Waals surface area contributed by atoms with Crippen LogP contribution in [-0.4, -0.2) is 28.3 Å². The van der Waals surface area contributed by atoms with Crippen LogP contribution in [0.5, 0.6) is 0 Å². The molecule has 0 fully saturated rings. The molecule has 6 nitrogen and oxygen atoms in total. The van der Waals surface area contributed by atoms with Crippen molar-refractivity contribution >= 4 is 29.2 Å². The van der Waals surface area contributed by atoms with Crippen molar-refractivity contribution in [1.29, 1.82) is 0 Å². The van der Waals surface area contributed by atoms with Crippen molar-refractivity contribution in [2.75, 3.05) is 11.9 Å². The maximum Gasteiger partial charge on any atom is 0.343 e. The van der Waals surface area contributed by atoms with Crippen LogP contribution in [0.15, 0.2) is 54.6 Å². The van der Waals surface area contributed by atoms with Crippen LogP contribution in [0.4, 0.5) is 5.69 Å². The van der Waals surface area contributed by atoms with Gasteiger partial charge in [0.15, 0.2) is 6.61 Å². The van der Waals surface area contributed by atoms with E-state index >= 15 is 0 Å². The highest BCUT2D eigenvalue weighted by Gasteiger charge is 2.22. The summed E-state index contributed by atoms with van der Waals surface area (Å²) >= 11 is 6.35. The van der Waals surface area contributed by atoms with Gasteiger partial charge in [-0.2, -0.15) is 5.10 Å². The zero-order chi connectivity index (χ0) is 20.8. The Morgan fingerprint density at radius 3 is 2.41 bits per heavy atom. The summed E-state index contributed by atoms with van der Waals surface area (Å²) < 4.78 is 6.68. The number of aryl methyl sites for hydroxylation is 2. The lowest BCUT2D eigenvalue weighted by atomic mass is 10.1. The molecule has 1 amide bonds. The van der Waals surface area contributed by atoms with Crippen LogP contribution in [0.2, 0.25) is 5.15 Å². The summed E-state index contributed by atoms with van der Waals surface area (Å²) in [6.45, 7) is 3.76. The molecule has 3 rings (SSSR count). The zero-order valence-electron chi connectivity index (χ0n) is 16.3. The smallest absolute Gasteiger partial charge is 0.343 e. The Balaban J connectivity index is 1.60. The SMILES string of the molecule is CCc1ccc(NC(=O)COC(=O)c2c(C)nn(Cc3ccccc3)c2Cl)cc1. The number of aromatic nitrogens is 2. The Morgan fingerprint density at radius 2 is 1.76 bits per heavy atom. The van der Waals surface area contributed by atoms with Gasteiger partial charge < -0.3 is 10.1 Å². The first-order valence-corrected chi connectivity index (χ1v) is 9.68. The number of halogens is 1. The van der Waals surface area contributed by atoms with Crippen molar-refractivity contribution in [3.63, 3.8) is 0 Å². The third kappa shape index (κ3) is 5.23. The van der Waals surface area contributed by atoms with Gasteiger partial charge in [-0.05, 0) is 36.6 Å². The molecule has 1 aromatic heterocycles. The average molecular weight is 412 g/mol. The maximum atomic E-state index is 12.5. The average Bonchev–Trinajstić information content (AvgIpc) is 3.00. The van der Waals surface area contributed by atoms with Crippen LogP contribution in [0.1, 0.15) is 34.1 Å². The molecule has 2 aromatic carbocycles. The van der Waals surface area contributed by atoms with Crippen LogP contribution < -0.4 is 5.32 Å². The van der Waals surface area contributed by atoms with Gasteiger partial charge in [-0.3, -0.25) is 4.79 Å². The Kier molecular flexibility index (Phi) is 6.67. The van der Waals surface area contributed by atoms with Gasteiger partial charge in [-0.1, -0.05) is 61.0 Å².